The molecule has 0 bridgehead atoms. The molecule has 0 spiro atoms. The molecule has 104 valence electrons. The molecule has 21 heavy (non-hydrogen) atoms. The van der Waals surface area contributed by atoms with E-state index < -0.39 is 0 Å². The summed E-state index contributed by atoms with van der Waals surface area (Å²) < 4.78 is 0. The zero-order chi connectivity index (χ0) is 14.2. The largest absolute Gasteiger partial charge is 0.361 e. The van der Waals surface area contributed by atoms with Crippen LogP contribution in [0.3, 0.4) is 0 Å². The molecule has 2 aromatic heterocycles. The Kier molecular flexibility index (Phi) is 2.81. The van der Waals surface area contributed by atoms with Gasteiger partial charge in [-0.05, 0) is 35.6 Å². The van der Waals surface area contributed by atoms with Gasteiger partial charge in [-0.2, -0.15) is 0 Å². The fraction of sp³-hybridized carbons (Fsp3) is 0.158. The van der Waals surface area contributed by atoms with Crippen molar-refractivity contribution >= 4 is 21.8 Å². The molecule has 0 amide bonds. The van der Waals surface area contributed by atoms with Crippen LogP contribution in [0.1, 0.15) is 24.0 Å². The normalized spacial score (nSPS) is 13.0. The highest BCUT2D eigenvalue weighted by atomic mass is 14.7. The SMILES string of the molecule is CC(Cc1c[nH]c2ccccc12)c1c[nH]c2ccccc12. The minimum Gasteiger partial charge on any atom is -0.361 e. The quantitative estimate of drug-likeness (QED) is 0.527. The van der Waals surface area contributed by atoms with Crippen LogP contribution in [-0.4, -0.2) is 9.97 Å². The summed E-state index contributed by atoms with van der Waals surface area (Å²) in [5.41, 5.74) is 5.23. The molecule has 4 rings (SSSR count). The lowest BCUT2D eigenvalue weighted by Gasteiger charge is -2.10. The second-order valence-electron chi connectivity index (χ2n) is 5.75. The first kappa shape index (κ1) is 12.3. The maximum absolute atomic E-state index is 3.38. The predicted molar refractivity (Wildman–Crippen MR) is 88.7 cm³/mol. The van der Waals surface area contributed by atoms with Gasteiger partial charge in [0, 0.05) is 34.2 Å². The van der Waals surface area contributed by atoms with Crippen LogP contribution >= 0.6 is 0 Å². The Morgan fingerprint density at radius 1 is 0.810 bits per heavy atom. The van der Waals surface area contributed by atoms with Crippen LogP contribution in [0.2, 0.25) is 0 Å². The van der Waals surface area contributed by atoms with E-state index in [1.807, 2.05) is 0 Å². The van der Waals surface area contributed by atoms with Gasteiger partial charge in [0.1, 0.15) is 0 Å². The van der Waals surface area contributed by atoms with Crippen molar-refractivity contribution in [3.05, 3.63) is 72.1 Å². The smallest absolute Gasteiger partial charge is 0.0456 e. The van der Waals surface area contributed by atoms with Gasteiger partial charge in [0.15, 0.2) is 0 Å². The van der Waals surface area contributed by atoms with Crippen LogP contribution in [0.25, 0.3) is 21.8 Å². The number of rotatable bonds is 3. The van der Waals surface area contributed by atoms with Gasteiger partial charge in [-0.1, -0.05) is 43.3 Å². The van der Waals surface area contributed by atoms with Gasteiger partial charge in [0.25, 0.3) is 0 Å². The fourth-order valence-corrected chi connectivity index (χ4v) is 3.24. The Morgan fingerprint density at radius 3 is 2.24 bits per heavy atom. The Morgan fingerprint density at radius 2 is 1.43 bits per heavy atom. The third kappa shape index (κ3) is 2.04. The van der Waals surface area contributed by atoms with Crippen LogP contribution in [-0.2, 0) is 6.42 Å². The predicted octanol–water partition coefficient (Wildman–Crippen LogP) is 5.00. The van der Waals surface area contributed by atoms with Gasteiger partial charge >= 0.3 is 0 Å². The molecule has 0 aliphatic heterocycles. The second kappa shape index (κ2) is 4.81. The maximum atomic E-state index is 3.38. The van der Waals surface area contributed by atoms with E-state index in [9.17, 15) is 0 Å². The first-order valence-corrected chi connectivity index (χ1v) is 7.44. The van der Waals surface area contributed by atoms with Crippen molar-refractivity contribution in [2.75, 3.05) is 0 Å². The Balaban J connectivity index is 1.71. The van der Waals surface area contributed by atoms with E-state index in [4.69, 9.17) is 0 Å². The van der Waals surface area contributed by atoms with Crippen molar-refractivity contribution in [1.82, 2.24) is 9.97 Å². The Hall–Kier alpha value is -2.48. The van der Waals surface area contributed by atoms with E-state index in [-0.39, 0.29) is 0 Å². The topological polar surface area (TPSA) is 31.6 Å². The van der Waals surface area contributed by atoms with Crippen molar-refractivity contribution in [3.63, 3.8) is 0 Å². The lowest BCUT2D eigenvalue weighted by Crippen LogP contribution is -1.97. The summed E-state index contributed by atoms with van der Waals surface area (Å²) in [5.74, 6) is 0.486. The van der Waals surface area contributed by atoms with E-state index in [1.165, 1.54) is 32.9 Å². The summed E-state index contributed by atoms with van der Waals surface area (Å²) >= 11 is 0. The number of H-pyrrole nitrogens is 2. The van der Waals surface area contributed by atoms with Gasteiger partial charge in [0.05, 0.1) is 0 Å². The second-order valence-corrected chi connectivity index (χ2v) is 5.75. The van der Waals surface area contributed by atoms with E-state index in [0.29, 0.717) is 5.92 Å². The van der Waals surface area contributed by atoms with Gasteiger partial charge in [-0.25, -0.2) is 0 Å². The molecule has 0 saturated heterocycles. The number of aromatic nitrogens is 2. The summed E-state index contributed by atoms with van der Waals surface area (Å²) in [5, 5.41) is 2.68. The molecule has 1 atom stereocenters. The van der Waals surface area contributed by atoms with Crippen molar-refractivity contribution in [2.24, 2.45) is 0 Å². The molecular weight excluding hydrogens is 256 g/mol. The average molecular weight is 274 g/mol. The van der Waals surface area contributed by atoms with E-state index in [1.54, 1.807) is 0 Å². The first-order chi connectivity index (χ1) is 10.3. The van der Waals surface area contributed by atoms with E-state index in [2.05, 4.69) is 77.8 Å². The van der Waals surface area contributed by atoms with Crippen molar-refractivity contribution in [2.45, 2.75) is 19.3 Å². The maximum Gasteiger partial charge on any atom is 0.0456 e. The number of benzene rings is 2. The summed E-state index contributed by atoms with van der Waals surface area (Å²) in [7, 11) is 0. The lowest BCUT2D eigenvalue weighted by molar-refractivity contribution is 0.769. The van der Waals surface area contributed by atoms with Crippen molar-refractivity contribution < 1.29 is 0 Å². The summed E-state index contributed by atoms with van der Waals surface area (Å²) in [4.78, 5) is 6.75. The number of hydrogen-bond acceptors (Lipinski definition) is 0. The molecule has 2 aromatic carbocycles. The molecule has 0 aliphatic rings. The van der Waals surface area contributed by atoms with Crippen molar-refractivity contribution in [1.29, 1.82) is 0 Å². The Bertz CT molecular complexity index is 898. The highest BCUT2D eigenvalue weighted by molar-refractivity contribution is 5.85. The third-order valence-electron chi connectivity index (χ3n) is 4.35. The molecular formula is C19H18N2. The molecule has 2 N–H and O–H groups in total. The monoisotopic (exact) mass is 274 g/mol. The van der Waals surface area contributed by atoms with Crippen molar-refractivity contribution in [3.8, 4) is 0 Å². The molecule has 0 aliphatic carbocycles. The van der Waals surface area contributed by atoms with E-state index in [0.717, 1.165) is 6.42 Å². The number of nitrogens with one attached hydrogen (secondary N) is 2. The number of hydrogen-bond donors (Lipinski definition) is 2. The Labute approximate surface area is 123 Å². The molecule has 2 nitrogen and oxygen atoms in total. The molecule has 4 aromatic rings. The summed E-state index contributed by atoms with van der Waals surface area (Å²) in [6.07, 6.45) is 5.35. The number of para-hydroxylation sites is 2. The van der Waals surface area contributed by atoms with Gasteiger partial charge < -0.3 is 9.97 Å². The zero-order valence-corrected chi connectivity index (χ0v) is 12.1. The lowest BCUT2D eigenvalue weighted by atomic mass is 9.93. The molecule has 0 fully saturated rings. The number of aromatic amines is 2. The first-order valence-electron chi connectivity index (χ1n) is 7.44. The standard InChI is InChI=1S/C19H18N2/c1-13(17-12-21-19-9-5-3-7-16(17)19)10-14-11-20-18-8-4-2-6-15(14)18/h2-9,11-13,20-21H,10H2,1H3. The van der Waals surface area contributed by atoms with Gasteiger partial charge in [0.2, 0.25) is 0 Å². The summed E-state index contributed by atoms with van der Waals surface area (Å²) in [6, 6.07) is 17.0. The fourth-order valence-electron chi connectivity index (χ4n) is 3.24. The van der Waals surface area contributed by atoms with Gasteiger partial charge in [-0.3, -0.25) is 0 Å². The zero-order valence-electron chi connectivity index (χ0n) is 12.1. The highest BCUT2D eigenvalue weighted by Gasteiger charge is 2.13. The molecule has 2 heteroatoms. The minimum atomic E-state index is 0.486. The van der Waals surface area contributed by atoms with Crippen LogP contribution in [0.4, 0.5) is 0 Å². The van der Waals surface area contributed by atoms with Gasteiger partial charge in [-0.15, -0.1) is 0 Å². The molecule has 2 heterocycles. The average Bonchev–Trinajstić information content (AvgIpc) is 3.12. The van der Waals surface area contributed by atoms with Crippen LogP contribution in [0.15, 0.2) is 60.9 Å². The minimum absolute atomic E-state index is 0.486. The van der Waals surface area contributed by atoms with Crippen LogP contribution < -0.4 is 0 Å². The highest BCUT2D eigenvalue weighted by Crippen LogP contribution is 2.30. The molecule has 1 unspecified atom stereocenters. The third-order valence-corrected chi connectivity index (χ3v) is 4.35. The van der Waals surface area contributed by atoms with E-state index >= 15 is 0 Å². The molecule has 0 radical (unpaired) electrons. The van der Waals surface area contributed by atoms with Crippen LogP contribution in [0, 0.1) is 0 Å². The van der Waals surface area contributed by atoms with Crippen LogP contribution in [0.5, 0.6) is 0 Å². The summed E-state index contributed by atoms with van der Waals surface area (Å²) in [6.45, 7) is 2.30. The number of fused-ring (bicyclic) bond motifs is 2. The molecule has 0 saturated carbocycles.